The van der Waals surface area contributed by atoms with Gasteiger partial charge in [0.1, 0.15) is 0 Å². The Labute approximate surface area is 199 Å². The molecule has 1 fully saturated rings. The van der Waals surface area contributed by atoms with E-state index < -0.39 is 0 Å². The van der Waals surface area contributed by atoms with Crippen molar-refractivity contribution in [1.82, 2.24) is 5.32 Å². The Kier molecular flexibility index (Phi) is 9.13. The first-order chi connectivity index (χ1) is 15.9. The molecule has 1 aliphatic carbocycles. The first-order valence-electron chi connectivity index (χ1n) is 11.5. The van der Waals surface area contributed by atoms with Crippen LogP contribution >= 0.6 is 11.6 Å². The number of benzene rings is 2. The van der Waals surface area contributed by atoms with Gasteiger partial charge < -0.3 is 21.3 Å². The number of anilines is 3. The zero-order valence-electron chi connectivity index (χ0n) is 18.9. The van der Waals surface area contributed by atoms with Crippen molar-refractivity contribution in [3.8, 4) is 0 Å². The lowest BCUT2D eigenvalue weighted by atomic mass is 9.95. The number of rotatable bonds is 9. The van der Waals surface area contributed by atoms with Gasteiger partial charge in [-0.3, -0.25) is 14.4 Å². The van der Waals surface area contributed by atoms with Crippen LogP contribution in [0.2, 0.25) is 5.02 Å². The third kappa shape index (κ3) is 7.79. The predicted octanol–water partition coefficient (Wildman–Crippen LogP) is 5.19. The van der Waals surface area contributed by atoms with Crippen molar-refractivity contribution in [1.29, 1.82) is 0 Å². The molecule has 1 aliphatic rings. The summed E-state index contributed by atoms with van der Waals surface area (Å²) >= 11 is 6.22. The number of hydrogen-bond acceptors (Lipinski definition) is 4. The SMILES string of the molecule is CCCC(=O)Nc1ccc(Cl)c(NCC(=O)Nc2cccc(C(=O)NC3CCCCC3)c2)c1. The van der Waals surface area contributed by atoms with Crippen LogP contribution in [-0.2, 0) is 9.59 Å². The van der Waals surface area contributed by atoms with Gasteiger partial charge in [0.25, 0.3) is 5.91 Å². The molecule has 7 nitrogen and oxygen atoms in total. The van der Waals surface area contributed by atoms with E-state index in [-0.39, 0.29) is 30.3 Å². The van der Waals surface area contributed by atoms with E-state index in [4.69, 9.17) is 11.6 Å². The number of amides is 3. The van der Waals surface area contributed by atoms with Gasteiger partial charge in [-0.25, -0.2) is 0 Å². The first-order valence-corrected chi connectivity index (χ1v) is 11.9. The Hall–Kier alpha value is -3.06. The van der Waals surface area contributed by atoms with E-state index in [0.29, 0.717) is 34.1 Å². The Morgan fingerprint density at radius 2 is 1.67 bits per heavy atom. The van der Waals surface area contributed by atoms with E-state index >= 15 is 0 Å². The molecule has 176 valence electrons. The van der Waals surface area contributed by atoms with Crippen LogP contribution in [0.5, 0.6) is 0 Å². The van der Waals surface area contributed by atoms with Crippen LogP contribution in [0.1, 0.15) is 62.2 Å². The van der Waals surface area contributed by atoms with Gasteiger partial charge >= 0.3 is 0 Å². The summed E-state index contributed by atoms with van der Waals surface area (Å²) in [7, 11) is 0. The molecule has 1 saturated carbocycles. The smallest absolute Gasteiger partial charge is 0.251 e. The molecule has 0 spiro atoms. The van der Waals surface area contributed by atoms with Crippen LogP contribution < -0.4 is 21.3 Å². The molecule has 0 saturated heterocycles. The maximum atomic E-state index is 12.6. The number of halogens is 1. The monoisotopic (exact) mass is 470 g/mol. The zero-order valence-corrected chi connectivity index (χ0v) is 19.6. The molecule has 0 unspecified atom stereocenters. The summed E-state index contributed by atoms with van der Waals surface area (Å²) in [5.41, 5.74) is 2.22. The summed E-state index contributed by atoms with van der Waals surface area (Å²) < 4.78 is 0. The highest BCUT2D eigenvalue weighted by atomic mass is 35.5. The van der Waals surface area contributed by atoms with Crippen molar-refractivity contribution in [2.75, 3.05) is 22.5 Å². The number of carbonyl (C=O) groups excluding carboxylic acids is 3. The molecule has 0 aromatic heterocycles. The van der Waals surface area contributed by atoms with Crippen LogP contribution in [0, 0.1) is 0 Å². The molecule has 0 aliphatic heterocycles. The highest BCUT2D eigenvalue weighted by Crippen LogP contribution is 2.25. The van der Waals surface area contributed by atoms with Gasteiger partial charge in [0.15, 0.2) is 0 Å². The highest BCUT2D eigenvalue weighted by molar-refractivity contribution is 6.33. The fourth-order valence-electron chi connectivity index (χ4n) is 3.82. The minimum atomic E-state index is -0.281. The summed E-state index contributed by atoms with van der Waals surface area (Å²) in [4.78, 5) is 36.8. The highest BCUT2D eigenvalue weighted by Gasteiger charge is 2.17. The maximum absolute atomic E-state index is 12.6. The molecule has 4 N–H and O–H groups in total. The Bertz CT molecular complexity index is 989. The minimum Gasteiger partial charge on any atom is -0.375 e. The third-order valence-corrected chi connectivity index (χ3v) is 5.85. The lowest BCUT2D eigenvalue weighted by molar-refractivity contribution is -0.116. The van der Waals surface area contributed by atoms with Gasteiger partial charge in [0, 0.05) is 29.4 Å². The summed E-state index contributed by atoms with van der Waals surface area (Å²) in [5.74, 6) is -0.475. The average Bonchev–Trinajstić information content (AvgIpc) is 2.80. The second-order valence-corrected chi connectivity index (χ2v) is 8.69. The zero-order chi connectivity index (χ0) is 23.6. The van der Waals surface area contributed by atoms with Crippen LogP contribution in [0.4, 0.5) is 17.1 Å². The van der Waals surface area contributed by atoms with Crippen LogP contribution in [-0.4, -0.2) is 30.3 Å². The van der Waals surface area contributed by atoms with E-state index in [0.717, 1.165) is 32.1 Å². The molecular formula is C25H31ClN4O3. The quantitative estimate of drug-likeness (QED) is 0.405. The van der Waals surface area contributed by atoms with Crippen molar-refractivity contribution < 1.29 is 14.4 Å². The molecular weight excluding hydrogens is 440 g/mol. The van der Waals surface area contributed by atoms with E-state index in [1.54, 1.807) is 42.5 Å². The molecule has 2 aromatic rings. The molecule has 33 heavy (non-hydrogen) atoms. The fraction of sp³-hybridized carbons (Fsp3) is 0.400. The van der Waals surface area contributed by atoms with E-state index in [2.05, 4.69) is 21.3 Å². The second-order valence-electron chi connectivity index (χ2n) is 8.28. The van der Waals surface area contributed by atoms with Crippen LogP contribution in [0.25, 0.3) is 0 Å². The Morgan fingerprint density at radius 1 is 0.939 bits per heavy atom. The Morgan fingerprint density at radius 3 is 2.42 bits per heavy atom. The van der Waals surface area contributed by atoms with Gasteiger partial charge in [-0.15, -0.1) is 0 Å². The molecule has 8 heteroatoms. The first kappa shape index (κ1) is 24.6. The summed E-state index contributed by atoms with van der Waals surface area (Å²) in [6, 6.07) is 12.2. The topological polar surface area (TPSA) is 99.3 Å². The van der Waals surface area contributed by atoms with E-state index in [9.17, 15) is 14.4 Å². The molecule has 0 heterocycles. The number of hydrogen-bond donors (Lipinski definition) is 4. The van der Waals surface area contributed by atoms with Crippen LogP contribution in [0.15, 0.2) is 42.5 Å². The van der Waals surface area contributed by atoms with Crippen molar-refractivity contribution in [3.05, 3.63) is 53.1 Å². The molecule has 0 bridgehead atoms. The van der Waals surface area contributed by atoms with E-state index in [1.807, 2.05) is 6.92 Å². The standard InChI is InChI=1S/C25H31ClN4O3/c1-2-7-23(31)28-20-12-13-21(26)22(15-20)27-16-24(32)29-19-11-6-8-17(14-19)25(33)30-18-9-4-3-5-10-18/h6,8,11-15,18,27H,2-5,7,9-10,16H2,1H3,(H,28,31)(H,29,32)(H,30,33). The van der Waals surface area contributed by atoms with Crippen molar-refractivity contribution in [2.24, 2.45) is 0 Å². The van der Waals surface area contributed by atoms with Crippen molar-refractivity contribution >= 4 is 46.4 Å². The lowest BCUT2D eigenvalue weighted by Gasteiger charge is -2.22. The van der Waals surface area contributed by atoms with Crippen molar-refractivity contribution in [3.63, 3.8) is 0 Å². The lowest BCUT2D eigenvalue weighted by Crippen LogP contribution is -2.36. The molecule has 0 radical (unpaired) electrons. The number of carbonyl (C=O) groups is 3. The maximum Gasteiger partial charge on any atom is 0.251 e. The predicted molar refractivity (Wildman–Crippen MR) is 133 cm³/mol. The average molecular weight is 471 g/mol. The van der Waals surface area contributed by atoms with Gasteiger partial charge in [0.05, 0.1) is 17.3 Å². The molecule has 3 amide bonds. The van der Waals surface area contributed by atoms with Gasteiger partial charge in [-0.1, -0.05) is 43.9 Å². The Balaban J connectivity index is 1.54. The molecule has 2 aromatic carbocycles. The van der Waals surface area contributed by atoms with Gasteiger partial charge in [-0.05, 0) is 55.7 Å². The summed E-state index contributed by atoms with van der Waals surface area (Å²) in [6.45, 7) is 1.91. The van der Waals surface area contributed by atoms with Crippen LogP contribution in [0.3, 0.4) is 0 Å². The third-order valence-electron chi connectivity index (χ3n) is 5.52. The second kappa shape index (κ2) is 12.3. The minimum absolute atomic E-state index is 0.0232. The molecule has 0 atom stereocenters. The van der Waals surface area contributed by atoms with E-state index in [1.165, 1.54) is 6.42 Å². The van der Waals surface area contributed by atoms with Gasteiger partial charge in [-0.2, -0.15) is 0 Å². The van der Waals surface area contributed by atoms with Gasteiger partial charge in [0.2, 0.25) is 11.8 Å². The fourth-order valence-corrected chi connectivity index (χ4v) is 4.01. The molecule has 3 rings (SSSR count). The summed E-state index contributed by atoms with van der Waals surface area (Å²) in [5, 5.41) is 12.1. The summed E-state index contributed by atoms with van der Waals surface area (Å²) in [6.07, 6.45) is 6.74. The normalized spacial score (nSPS) is 13.8. The van der Waals surface area contributed by atoms with Crippen molar-refractivity contribution in [2.45, 2.75) is 57.9 Å². The number of nitrogens with one attached hydrogen (secondary N) is 4. The largest absolute Gasteiger partial charge is 0.375 e.